The maximum absolute atomic E-state index is 13.8. The molecule has 8 nitrogen and oxygen atoms in total. The molecule has 0 N–H and O–H groups in total. The van der Waals surface area contributed by atoms with E-state index in [1.165, 1.54) is 27.8 Å². The Labute approximate surface area is 237 Å². The predicted molar refractivity (Wildman–Crippen MR) is 152 cm³/mol. The average molecular weight is 598 g/mol. The van der Waals surface area contributed by atoms with Crippen molar-refractivity contribution < 1.29 is 17.9 Å². The Morgan fingerprint density at radius 1 is 1.03 bits per heavy atom. The van der Waals surface area contributed by atoms with Crippen molar-refractivity contribution in [1.82, 2.24) is 14.2 Å². The van der Waals surface area contributed by atoms with Crippen molar-refractivity contribution >= 4 is 65.8 Å². The van der Waals surface area contributed by atoms with Crippen LogP contribution in [0, 0.1) is 5.92 Å². The second-order valence-corrected chi connectivity index (χ2v) is 13.4. The third-order valence-corrected chi connectivity index (χ3v) is 10.5. The minimum Gasteiger partial charge on any atom is -0.379 e. The van der Waals surface area contributed by atoms with E-state index in [9.17, 15) is 13.2 Å². The van der Waals surface area contributed by atoms with Crippen LogP contribution in [0.3, 0.4) is 0 Å². The highest BCUT2D eigenvalue weighted by Crippen LogP contribution is 2.33. The summed E-state index contributed by atoms with van der Waals surface area (Å²) in [6.07, 6.45) is 1.73. The van der Waals surface area contributed by atoms with E-state index in [2.05, 4.69) is 4.90 Å². The number of carbonyl (C=O) groups is 1. The molecule has 12 heteroatoms. The second-order valence-electron chi connectivity index (χ2n) is 9.54. The first kappa shape index (κ1) is 27.8. The normalized spacial score (nSPS) is 18.2. The number of thiazole rings is 1. The molecular weight excluding hydrogens is 567 g/mol. The highest BCUT2D eigenvalue weighted by molar-refractivity contribution is 7.89. The van der Waals surface area contributed by atoms with Crippen molar-refractivity contribution in [3.63, 3.8) is 0 Å². The summed E-state index contributed by atoms with van der Waals surface area (Å²) in [5.74, 6) is -0.272. The van der Waals surface area contributed by atoms with E-state index in [0.29, 0.717) is 47.7 Å². The molecule has 1 aromatic heterocycles. The van der Waals surface area contributed by atoms with Crippen LogP contribution in [0.4, 0.5) is 5.13 Å². The molecule has 1 amide bonds. The monoisotopic (exact) mass is 596 g/mol. The molecule has 0 radical (unpaired) electrons. The van der Waals surface area contributed by atoms with Crippen molar-refractivity contribution in [1.29, 1.82) is 0 Å². The minimum atomic E-state index is -3.64. The molecule has 204 valence electrons. The second kappa shape index (κ2) is 12.2. The molecule has 3 aromatic rings. The zero-order valence-electron chi connectivity index (χ0n) is 20.9. The van der Waals surface area contributed by atoms with E-state index in [-0.39, 0.29) is 16.7 Å². The number of carbonyl (C=O) groups excluding carboxylic acids is 1. The molecule has 3 heterocycles. The third-order valence-electron chi connectivity index (χ3n) is 7.05. The molecule has 2 aromatic carbocycles. The topological polar surface area (TPSA) is 83.1 Å². The van der Waals surface area contributed by atoms with Crippen LogP contribution in [0.25, 0.3) is 10.2 Å². The van der Waals surface area contributed by atoms with Crippen LogP contribution in [0.15, 0.2) is 47.4 Å². The minimum absolute atomic E-state index is 0.000622. The fourth-order valence-electron chi connectivity index (χ4n) is 4.90. The number of halogens is 2. The summed E-state index contributed by atoms with van der Waals surface area (Å²) in [6, 6.07) is 11.7. The first-order valence-electron chi connectivity index (χ1n) is 12.7. The Hall–Kier alpha value is -1.79. The molecule has 2 saturated heterocycles. The number of nitrogens with zero attached hydrogens (tertiary/aromatic N) is 4. The van der Waals surface area contributed by atoms with Crippen LogP contribution < -0.4 is 4.90 Å². The highest BCUT2D eigenvalue weighted by Gasteiger charge is 2.35. The zero-order valence-corrected chi connectivity index (χ0v) is 24.0. The van der Waals surface area contributed by atoms with E-state index < -0.39 is 10.0 Å². The summed E-state index contributed by atoms with van der Waals surface area (Å²) in [6.45, 7) is 5.27. The van der Waals surface area contributed by atoms with E-state index in [1.807, 2.05) is 12.1 Å². The van der Waals surface area contributed by atoms with Gasteiger partial charge in [-0.25, -0.2) is 13.4 Å². The van der Waals surface area contributed by atoms with Crippen LogP contribution in [0.1, 0.15) is 19.3 Å². The van der Waals surface area contributed by atoms with Crippen molar-refractivity contribution in [3.05, 3.63) is 52.5 Å². The van der Waals surface area contributed by atoms with Gasteiger partial charge < -0.3 is 4.74 Å². The van der Waals surface area contributed by atoms with Crippen LogP contribution in [-0.2, 0) is 19.6 Å². The van der Waals surface area contributed by atoms with Crippen LogP contribution in [-0.4, -0.2) is 81.0 Å². The van der Waals surface area contributed by atoms with Gasteiger partial charge in [0, 0.05) is 55.2 Å². The molecule has 0 aliphatic carbocycles. The summed E-state index contributed by atoms with van der Waals surface area (Å²) < 4.78 is 34.0. The number of amides is 1. The van der Waals surface area contributed by atoms with E-state index in [0.717, 1.165) is 49.5 Å². The number of rotatable bonds is 8. The molecule has 5 rings (SSSR count). The number of morpholine rings is 1. The molecule has 0 atom stereocenters. The number of anilines is 1. The summed E-state index contributed by atoms with van der Waals surface area (Å²) in [5.41, 5.74) is 0.809. The van der Waals surface area contributed by atoms with Crippen LogP contribution in [0.5, 0.6) is 0 Å². The van der Waals surface area contributed by atoms with Crippen molar-refractivity contribution in [2.45, 2.75) is 24.2 Å². The van der Waals surface area contributed by atoms with Gasteiger partial charge in [0.15, 0.2) is 5.13 Å². The van der Waals surface area contributed by atoms with E-state index in [4.69, 9.17) is 32.9 Å². The maximum Gasteiger partial charge on any atom is 0.243 e. The SMILES string of the molecule is O=C(C1CCN(S(=O)(=O)c2ccc(Cl)cc2)CC1)N(CCCN1CCOCC1)c1nc2ccc(Cl)cc2s1. The zero-order chi connectivity index (χ0) is 26.7. The Balaban J connectivity index is 1.29. The lowest BCUT2D eigenvalue weighted by Crippen LogP contribution is -2.45. The van der Waals surface area contributed by atoms with Gasteiger partial charge in [0.25, 0.3) is 0 Å². The van der Waals surface area contributed by atoms with Gasteiger partial charge in [0.05, 0.1) is 28.3 Å². The van der Waals surface area contributed by atoms with Gasteiger partial charge in [0.1, 0.15) is 0 Å². The number of piperidine rings is 1. The number of hydrogen-bond acceptors (Lipinski definition) is 7. The predicted octanol–water partition coefficient (Wildman–Crippen LogP) is 4.76. The number of fused-ring (bicyclic) bond motifs is 1. The quantitative estimate of drug-likeness (QED) is 0.373. The van der Waals surface area contributed by atoms with Gasteiger partial charge in [-0.2, -0.15) is 4.31 Å². The fraction of sp³-hybridized carbons (Fsp3) is 0.462. The first-order valence-corrected chi connectivity index (χ1v) is 15.8. The van der Waals surface area contributed by atoms with Crippen LogP contribution in [0.2, 0.25) is 10.0 Å². The molecule has 0 spiro atoms. The lowest BCUT2D eigenvalue weighted by atomic mass is 9.96. The molecule has 2 fully saturated rings. The van der Waals surface area contributed by atoms with Crippen LogP contribution >= 0.6 is 34.5 Å². The Morgan fingerprint density at radius 3 is 2.42 bits per heavy atom. The number of sulfonamides is 1. The smallest absolute Gasteiger partial charge is 0.243 e. The molecular formula is C26H30Cl2N4O4S2. The highest BCUT2D eigenvalue weighted by atomic mass is 35.5. The Kier molecular flexibility index (Phi) is 8.89. The number of aromatic nitrogens is 1. The van der Waals surface area contributed by atoms with Gasteiger partial charge in [0.2, 0.25) is 15.9 Å². The van der Waals surface area contributed by atoms with Gasteiger partial charge >= 0.3 is 0 Å². The number of hydrogen-bond donors (Lipinski definition) is 0. The largest absolute Gasteiger partial charge is 0.379 e. The molecule has 2 aliphatic rings. The standard InChI is InChI=1S/C26H30Cl2N4O4S2/c27-20-2-5-22(6-3-20)38(34,35)31-12-8-19(9-13-31)25(33)32(11-1-10-30-14-16-36-17-15-30)26-29-23-7-4-21(28)18-24(23)37-26/h2-7,18-19H,1,8-17H2. The summed E-state index contributed by atoms with van der Waals surface area (Å²) in [7, 11) is -3.64. The van der Waals surface area contributed by atoms with Gasteiger partial charge in [-0.1, -0.05) is 34.5 Å². The van der Waals surface area contributed by atoms with Gasteiger partial charge in [-0.15, -0.1) is 0 Å². The van der Waals surface area contributed by atoms with Crippen molar-refractivity contribution in [3.8, 4) is 0 Å². The number of benzene rings is 2. The van der Waals surface area contributed by atoms with Gasteiger partial charge in [-0.05, 0) is 61.7 Å². The Bertz CT molecular complexity index is 1370. The molecule has 0 unspecified atom stereocenters. The lowest BCUT2D eigenvalue weighted by molar-refractivity contribution is -0.123. The number of ether oxygens (including phenoxy) is 1. The summed E-state index contributed by atoms with van der Waals surface area (Å²) in [4.78, 5) is 23.0. The molecule has 0 bridgehead atoms. The third kappa shape index (κ3) is 6.33. The average Bonchev–Trinajstić information content (AvgIpc) is 3.34. The summed E-state index contributed by atoms with van der Waals surface area (Å²) >= 11 is 13.6. The Morgan fingerprint density at radius 2 is 1.71 bits per heavy atom. The molecule has 2 aliphatic heterocycles. The fourth-order valence-corrected chi connectivity index (χ4v) is 7.77. The lowest BCUT2D eigenvalue weighted by Gasteiger charge is -2.33. The van der Waals surface area contributed by atoms with Gasteiger partial charge in [-0.3, -0.25) is 14.6 Å². The molecule has 0 saturated carbocycles. The molecule has 38 heavy (non-hydrogen) atoms. The first-order chi connectivity index (χ1) is 18.3. The van der Waals surface area contributed by atoms with E-state index in [1.54, 1.807) is 23.1 Å². The maximum atomic E-state index is 13.8. The van der Waals surface area contributed by atoms with Crippen molar-refractivity contribution in [2.75, 3.05) is 57.4 Å². The van der Waals surface area contributed by atoms with E-state index >= 15 is 0 Å². The summed E-state index contributed by atoms with van der Waals surface area (Å²) in [5, 5.41) is 1.77. The van der Waals surface area contributed by atoms with Crippen molar-refractivity contribution in [2.24, 2.45) is 5.92 Å².